The zero-order valence-corrected chi connectivity index (χ0v) is 14.3. The van der Waals surface area contributed by atoms with Crippen LogP contribution in [0.4, 0.5) is 5.69 Å². The minimum atomic E-state index is 0.627. The van der Waals surface area contributed by atoms with Crippen LogP contribution in [-0.4, -0.2) is 6.54 Å². The standard InChI is InChI=1S/C19H22BrN/c1-13-10-14(2)19(18(20)11-13)21-12-16-8-5-7-15-6-3-4-9-17(15)16/h3-4,6,9-11,16,21H,5,7-8,12H2,1-2H3. The molecule has 0 saturated heterocycles. The zero-order valence-electron chi connectivity index (χ0n) is 12.7. The predicted octanol–water partition coefficient (Wildman–Crippen LogP) is 5.60. The van der Waals surface area contributed by atoms with Gasteiger partial charge in [0.1, 0.15) is 0 Å². The SMILES string of the molecule is Cc1cc(C)c(NCC2CCCc3ccccc32)c(Br)c1. The summed E-state index contributed by atoms with van der Waals surface area (Å²) in [5.74, 6) is 0.627. The van der Waals surface area contributed by atoms with Gasteiger partial charge in [-0.25, -0.2) is 0 Å². The molecule has 1 atom stereocenters. The van der Waals surface area contributed by atoms with Gasteiger partial charge in [-0.3, -0.25) is 0 Å². The molecule has 0 fully saturated rings. The lowest BCUT2D eigenvalue weighted by atomic mass is 9.83. The van der Waals surface area contributed by atoms with Gasteiger partial charge in [0.05, 0.1) is 5.69 Å². The van der Waals surface area contributed by atoms with Crippen molar-refractivity contribution in [3.63, 3.8) is 0 Å². The third kappa shape index (κ3) is 3.16. The van der Waals surface area contributed by atoms with Gasteiger partial charge >= 0.3 is 0 Å². The number of rotatable bonds is 3. The quantitative estimate of drug-likeness (QED) is 0.764. The van der Waals surface area contributed by atoms with E-state index in [0.717, 1.165) is 6.54 Å². The van der Waals surface area contributed by atoms with Crippen molar-refractivity contribution in [1.29, 1.82) is 0 Å². The highest BCUT2D eigenvalue weighted by Crippen LogP contribution is 2.33. The molecule has 2 aromatic rings. The molecule has 2 aromatic carbocycles. The minimum absolute atomic E-state index is 0.627. The fourth-order valence-corrected chi connectivity index (χ4v) is 4.25. The molecule has 1 unspecified atom stereocenters. The van der Waals surface area contributed by atoms with Crippen LogP contribution in [0.2, 0.25) is 0 Å². The van der Waals surface area contributed by atoms with E-state index in [0.29, 0.717) is 5.92 Å². The van der Waals surface area contributed by atoms with Crippen molar-refractivity contribution in [3.05, 3.63) is 63.1 Å². The average Bonchev–Trinajstić information content (AvgIpc) is 2.46. The molecule has 21 heavy (non-hydrogen) atoms. The van der Waals surface area contributed by atoms with Crippen molar-refractivity contribution in [2.24, 2.45) is 0 Å². The van der Waals surface area contributed by atoms with Crippen LogP contribution in [0.1, 0.15) is 41.0 Å². The zero-order chi connectivity index (χ0) is 14.8. The molecule has 1 nitrogen and oxygen atoms in total. The number of aryl methyl sites for hydroxylation is 3. The summed E-state index contributed by atoms with van der Waals surface area (Å²) in [4.78, 5) is 0. The van der Waals surface area contributed by atoms with Gasteiger partial charge in [-0.15, -0.1) is 0 Å². The Morgan fingerprint density at radius 2 is 2.00 bits per heavy atom. The predicted molar refractivity (Wildman–Crippen MR) is 94.2 cm³/mol. The van der Waals surface area contributed by atoms with Gasteiger partial charge in [0.25, 0.3) is 0 Å². The Morgan fingerprint density at radius 3 is 2.81 bits per heavy atom. The first-order valence-corrected chi connectivity index (χ1v) is 8.53. The van der Waals surface area contributed by atoms with E-state index >= 15 is 0 Å². The number of nitrogens with one attached hydrogen (secondary N) is 1. The Bertz CT molecular complexity index is 625. The second-order valence-electron chi connectivity index (χ2n) is 6.11. The van der Waals surface area contributed by atoms with E-state index in [1.54, 1.807) is 0 Å². The van der Waals surface area contributed by atoms with Crippen LogP contribution in [0.15, 0.2) is 40.9 Å². The third-order valence-corrected chi connectivity index (χ3v) is 5.08. The maximum absolute atomic E-state index is 3.69. The topological polar surface area (TPSA) is 12.0 Å². The van der Waals surface area contributed by atoms with Crippen molar-refractivity contribution >= 4 is 21.6 Å². The molecule has 0 heterocycles. The number of benzene rings is 2. The highest BCUT2D eigenvalue weighted by molar-refractivity contribution is 9.10. The lowest BCUT2D eigenvalue weighted by Crippen LogP contribution is -2.18. The Kier molecular flexibility index (Phi) is 4.34. The summed E-state index contributed by atoms with van der Waals surface area (Å²) in [6.45, 7) is 5.33. The summed E-state index contributed by atoms with van der Waals surface area (Å²) in [7, 11) is 0. The van der Waals surface area contributed by atoms with Crippen LogP contribution < -0.4 is 5.32 Å². The van der Waals surface area contributed by atoms with E-state index in [1.165, 1.54) is 51.7 Å². The molecule has 0 amide bonds. The van der Waals surface area contributed by atoms with Gasteiger partial charge in [0.2, 0.25) is 0 Å². The van der Waals surface area contributed by atoms with Crippen LogP contribution in [0.3, 0.4) is 0 Å². The molecule has 110 valence electrons. The smallest absolute Gasteiger partial charge is 0.0514 e. The Labute approximate surface area is 135 Å². The maximum Gasteiger partial charge on any atom is 0.0514 e. The van der Waals surface area contributed by atoms with E-state index < -0.39 is 0 Å². The molecule has 2 heteroatoms. The van der Waals surface area contributed by atoms with Crippen LogP contribution in [0.25, 0.3) is 0 Å². The monoisotopic (exact) mass is 343 g/mol. The number of hydrogen-bond donors (Lipinski definition) is 1. The fraction of sp³-hybridized carbons (Fsp3) is 0.368. The molecule has 0 aromatic heterocycles. The fourth-order valence-electron chi connectivity index (χ4n) is 3.43. The number of hydrogen-bond acceptors (Lipinski definition) is 1. The van der Waals surface area contributed by atoms with E-state index in [4.69, 9.17) is 0 Å². The number of halogens is 1. The lowest BCUT2D eigenvalue weighted by molar-refractivity contribution is 0.571. The first-order chi connectivity index (χ1) is 10.1. The van der Waals surface area contributed by atoms with Crippen molar-refractivity contribution in [3.8, 4) is 0 Å². The summed E-state index contributed by atoms with van der Waals surface area (Å²) < 4.78 is 1.17. The normalized spacial score (nSPS) is 17.4. The van der Waals surface area contributed by atoms with Gasteiger partial charge in [-0.2, -0.15) is 0 Å². The van der Waals surface area contributed by atoms with Crippen molar-refractivity contribution in [2.75, 3.05) is 11.9 Å². The summed E-state index contributed by atoms with van der Waals surface area (Å²) in [6, 6.07) is 13.3. The molecule has 0 radical (unpaired) electrons. The summed E-state index contributed by atoms with van der Waals surface area (Å²) >= 11 is 3.69. The maximum atomic E-state index is 3.69. The van der Waals surface area contributed by atoms with Crippen molar-refractivity contribution in [1.82, 2.24) is 0 Å². The molecule has 3 rings (SSSR count). The Balaban J connectivity index is 1.78. The van der Waals surface area contributed by atoms with Gasteiger partial charge in [-0.05, 0) is 77.4 Å². The molecular formula is C19H22BrN. The molecule has 0 aliphatic heterocycles. The highest BCUT2D eigenvalue weighted by atomic mass is 79.9. The first-order valence-electron chi connectivity index (χ1n) is 7.73. The van der Waals surface area contributed by atoms with E-state index in [2.05, 4.69) is 71.5 Å². The van der Waals surface area contributed by atoms with E-state index in [1.807, 2.05) is 0 Å². The number of fused-ring (bicyclic) bond motifs is 1. The van der Waals surface area contributed by atoms with Gasteiger partial charge < -0.3 is 5.32 Å². The Hall–Kier alpha value is -1.28. The molecular weight excluding hydrogens is 322 g/mol. The molecule has 0 spiro atoms. The summed E-state index contributed by atoms with van der Waals surface area (Å²) in [5.41, 5.74) is 6.93. The largest absolute Gasteiger partial charge is 0.383 e. The van der Waals surface area contributed by atoms with Crippen LogP contribution in [-0.2, 0) is 6.42 Å². The minimum Gasteiger partial charge on any atom is -0.383 e. The summed E-state index contributed by atoms with van der Waals surface area (Å²) in [6.07, 6.45) is 3.82. The lowest BCUT2D eigenvalue weighted by Gasteiger charge is -2.26. The second kappa shape index (κ2) is 6.23. The number of anilines is 1. The van der Waals surface area contributed by atoms with E-state index in [9.17, 15) is 0 Å². The molecule has 1 aliphatic carbocycles. The average molecular weight is 344 g/mol. The molecule has 0 saturated carbocycles. The third-order valence-electron chi connectivity index (χ3n) is 4.45. The summed E-state index contributed by atoms with van der Waals surface area (Å²) in [5, 5.41) is 3.67. The first kappa shape index (κ1) is 14.6. The van der Waals surface area contributed by atoms with E-state index in [-0.39, 0.29) is 0 Å². The van der Waals surface area contributed by atoms with Crippen LogP contribution in [0.5, 0.6) is 0 Å². The Morgan fingerprint density at radius 1 is 1.19 bits per heavy atom. The van der Waals surface area contributed by atoms with Gasteiger partial charge in [0, 0.05) is 16.9 Å². The molecule has 1 N–H and O–H groups in total. The van der Waals surface area contributed by atoms with Crippen molar-refractivity contribution in [2.45, 2.75) is 39.0 Å². The van der Waals surface area contributed by atoms with Crippen LogP contribution >= 0.6 is 15.9 Å². The molecule has 1 aliphatic rings. The second-order valence-corrected chi connectivity index (χ2v) is 6.96. The van der Waals surface area contributed by atoms with Crippen molar-refractivity contribution < 1.29 is 0 Å². The molecule has 0 bridgehead atoms. The van der Waals surface area contributed by atoms with Gasteiger partial charge in [-0.1, -0.05) is 30.3 Å². The van der Waals surface area contributed by atoms with Crippen LogP contribution in [0, 0.1) is 13.8 Å². The van der Waals surface area contributed by atoms with Gasteiger partial charge in [0.15, 0.2) is 0 Å². The highest BCUT2D eigenvalue weighted by Gasteiger charge is 2.19.